The number of rotatable bonds is 2. The van der Waals surface area contributed by atoms with E-state index in [0.717, 1.165) is 10.9 Å². The largest absolute Gasteiger partial charge is 0.436 e. The number of para-hydroxylation sites is 1. The van der Waals surface area contributed by atoms with E-state index in [0.29, 0.717) is 16.3 Å². The third kappa shape index (κ3) is 2.40. The predicted molar refractivity (Wildman–Crippen MR) is 75.8 cm³/mol. The minimum atomic E-state index is 0.246. The van der Waals surface area contributed by atoms with Gasteiger partial charge in [0.25, 0.3) is 0 Å². The maximum Gasteiger partial charge on any atom is 0.237 e. The van der Waals surface area contributed by atoms with Crippen molar-refractivity contribution in [2.45, 2.75) is 0 Å². The van der Waals surface area contributed by atoms with Crippen molar-refractivity contribution in [3.8, 4) is 17.7 Å². The molecule has 3 aromatic rings. The zero-order valence-electron chi connectivity index (χ0n) is 10.2. The fourth-order valence-corrected chi connectivity index (χ4v) is 1.98. The van der Waals surface area contributed by atoms with Crippen LogP contribution in [0.4, 0.5) is 0 Å². The maximum absolute atomic E-state index is 9.20. The maximum atomic E-state index is 9.20. The number of halogens is 1. The molecule has 0 radical (unpaired) electrons. The summed E-state index contributed by atoms with van der Waals surface area (Å²) in [6.07, 6.45) is 3.03. The van der Waals surface area contributed by atoms with Gasteiger partial charge in [-0.1, -0.05) is 29.8 Å². The third-order valence-corrected chi connectivity index (χ3v) is 2.91. The second kappa shape index (κ2) is 5.16. The smallest absolute Gasteiger partial charge is 0.237 e. The number of nitrogens with zero attached hydrogens (tertiary/aromatic N) is 3. The summed E-state index contributed by atoms with van der Waals surface area (Å²) in [5.74, 6) is 0.687. The molecule has 0 spiro atoms. The van der Waals surface area contributed by atoms with Gasteiger partial charge in [0.15, 0.2) is 0 Å². The SMILES string of the molecule is N#Cc1cc2ccccc2nc1Oc1cncc(Cl)c1. The molecular weight excluding hydrogens is 274 g/mol. The Labute approximate surface area is 120 Å². The molecule has 96 valence electrons. The fraction of sp³-hybridized carbons (Fsp3) is 0. The van der Waals surface area contributed by atoms with E-state index in [4.69, 9.17) is 16.3 Å². The summed E-state index contributed by atoms with van der Waals surface area (Å²) in [4.78, 5) is 8.29. The number of benzene rings is 1. The van der Waals surface area contributed by atoms with Gasteiger partial charge in [0.1, 0.15) is 17.4 Å². The molecule has 0 atom stereocenters. The van der Waals surface area contributed by atoms with Crippen LogP contribution in [0, 0.1) is 11.3 Å². The third-order valence-electron chi connectivity index (χ3n) is 2.70. The van der Waals surface area contributed by atoms with Gasteiger partial charge >= 0.3 is 0 Å². The summed E-state index contributed by atoms with van der Waals surface area (Å²) < 4.78 is 5.61. The molecular formula is C15H8ClN3O. The molecule has 0 aliphatic heterocycles. The van der Waals surface area contributed by atoms with E-state index in [1.54, 1.807) is 12.1 Å². The van der Waals surface area contributed by atoms with Crippen LogP contribution < -0.4 is 4.74 Å². The molecule has 0 saturated heterocycles. The molecule has 1 aromatic carbocycles. The molecule has 5 heteroatoms. The number of hydrogen-bond donors (Lipinski definition) is 0. The Balaban J connectivity index is 2.08. The normalized spacial score (nSPS) is 10.2. The minimum absolute atomic E-state index is 0.246. The first-order valence-electron chi connectivity index (χ1n) is 5.84. The first kappa shape index (κ1) is 12.4. The van der Waals surface area contributed by atoms with Gasteiger partial charge in [0, 0.05) is 17.6 Å². The first-order valence-corrected chi connectivity index (χ1v) is 6.22. The molecule has 0 bridgehead atoms. The van der Waals surface area contributed by atoms with Crippen molar-refractivity contribution in [1.29, 1.82) is 5.26 Å². The van der Waals surface area contributed by atoms with Crippen molar-refractivity contribution in [3.63, 3.8) is 0 Å². The van der Waals surface area contributed by atoms with Gasteiger partial charge in [-0.15, -0.1) is 0 Å². The molecule has 0 aliphatic carbocycles. The lowest BCUT2D eigenvalue weighted by Crippen LogP contribution is -1.93. The average molecular weight is 282 g/mol. The lowest BCUT2D eigenvalue weighted by Gasteiger charge is -2.07. The van der Waals surface area contributed by atoms with Crippen molar-refractivity contribution >= 4 is 22.5 Å². The second-order valence-corrected chi connectivity index (χ2v) is 4.52. The molecule has 4 nitrogen and oxygen atoms in total. The fourth-order valence-electron chi connectivity index (χ4n) is 1.82. The Bertz CT molecular complexity index is 827. The van der Waals surface area contributed by atoms with Crippen LogP contribution in [0.5, 0.6) is 11.6 Å². The lowest BCUT2D eigenvalue weighted by molar-refractivity contribution is 0.461. The van der Waals surface area contributed by atoms with Crippen molar-refractivity contribution < 1.29 is 4.74 Å². The molecule has 0 amide bonds. The Morgan fingerprint density at radius 2 is 2.00 bits per heavy atom. The van der Waals surface area contributed by atoms with Gasteiger partial charge in [-0.25, -0.2) is 4.98 Å². The lowest BCUT2D eigenvalue weighted by atomic mass is 10.1. The van der Waals surface area contributed by atoms with Crippen molar-refractivity contribution in [2.24, 2.45) is 0 Å². The molecule has 0 aliphatic rings. The second-order valence-electron chi connectivity index (χ2n) is 4.09. The van der Waals surface area contributed by atoms with Crippen LogP contribution in [0.2, 0.25) is 5.02 Å². The predicted octanol–water partition coefficient (Wildman–Crippen LogP) is 3.95. The van der Waals surface area contributed by atoms with E-state index in [-0.39, 0.29) is 5.88 Å². The van der Waals surface area contributed by atoms with Crippen LogP contribution in [0.1, 0.15) is 5.56 Å². The average Bonchev–Trinajstić information content (AvgIpc) is 2.46. The highest BCUT2D eigenvalue weighted by molar-refractivity contribution is 6.30. The number of pyridine rings is 2. The van der Waals surface area contributed by atoms with Gasteiger partial charge in [-0.2, -0.15) is 5.26 Å². The van der Waals surface area contributed by atoms with Gasteiger partial charge in [0.05, 0.1) is 16.7 Å². The Kier molecular flexibility index (Phi) is 3.20. The molecule has 0 N–H and O–H groups in total. The molecule has 0 fully saturated rings. The van der Waals surface area contributed by atoms with Crippen LogP contribution in [0.3, 0.4) is 0 Å². The highest BCUT2D eigenvalue weighted by atomic mass is 35.5. The highest BCUT2D eigenvalue weighted by Crippen LogP contribution is 2.27. The molecule has 20 heavy (non-hydrogen) atoms. The monoisotopic (exact) mass is 281 g/mol. The number of nitriles is 1. The van der Waals surface area contributed by atoms with E-state index in [2.05, 4.69) is 16.0 Å². The molecule has 2 heterocycles. The number of fused-ring (bicyclic) bond motifs is 1. The van der Waals surface area contributed by atoms with Gasteiger partial charge in [-0.05, 0) is 12.1 Å². The van der Waals surface area contributed by atoms with E-state index in [1.165, 1.54) is 12.4 Å². The van der Waals surface area contributed by atoms with Crippen LogP contribution in [-0.4, -0.2) is 9.97 Å². The van der Waals surface area contributed by atoms with Crippen LogP contribution in [-0.2, 0) is 0 Å². The summed E-state index contributed by atoms with van der Waals surface area (Å²) in [5, 5.41) is 10.5. The summed E-state index contributed by atoms with van der Waals surface area (Å²) in [6, 6.07) is 13.0. The first-order chi connectivity index (χ1) is 9.76. The van der Waals surface area contributed by atoms with Crippen molar-refractivity contribution in [3.05, 3.63) is 59.4 Å². The summed E-state index contributed by atoms with van der Waals surface area (Å²) in [6.45, 7) is 0. The minimum Gasteiger partial charge on any atom is -0.436 e. The van der Waals surface area contributed by atoms with E-state index < -0.39 is 0 Å². The molecule has 0 unspecified atom stereocenters. The van der Waals surface area contributed by atoms with Gasteiger partial charge < -0.3 is 4.74 Å². The topological polar surface area (TPSA) is 58.8 Å². The van der Waals surface area contributed by atoms with E-state index in [1.807, 2.05) is 24.3 Å². The van der Waals surface area contributed by atoms with Crippen molar-refractivity contribution in [2.75, 3.05) is 0 Å². The van der Waals surface area contributed by atoms with Crippen LogP contribution >= 0.6 is 11.6 Å². The number of ether oxygens (including phenoxy) is 1. The van der Waals surface area contributed by atoms with Crippen LogP contribution in [0.25, 0.3) is 10.9 Å². The summed E-state index contributed by atoms with van der Waals surface area (Å²) in [7, 11) is 0. The Morgan fingerprint density at radius 1 is 1.15 bits per heavy atom. The molecule has 0 saturated carbocycles. The summed E-state index contributed by atoms with van der Waals surface area (Å²) in [5.41, 5.74) is 1.13. The molecule has 3 rings (SSSR count). The van der Waals surface area contributed by atoms with E-state index >= 15 is 0 Å². The van der Waals surface area contributed by atoms with Gasteiger partial charge in [-0.3, -0.25) is 4.98 Å². The number of aromatic nitrogens is 2. The van der Waals surface area contributed by atoms with Crippen molar-refractivity contribution in [1.82, 2.24) is 9.97 Å². The van der Waals surface area contributed by atoms with E-state index in [9.17, 15) is 5.26 Å². The number of hydrogen-bond acceptors (Lipinski definition) is 4. The summed E-state index contributed by atoms with van der Waals surface area (Å²) >= 11 is 5.85. The standard InChI is InChI=1S/C15H8ClN3O/c16-12-6-13(9-18-8-12)20-15-11(7-17)5-10-3-1-2-4-14(10)19-15/h1-6,8-9H. The van der Waals surface area contributed by atoms with Crippen LogP contribution in [0.15, 0.2) is 48.8 Å². The Hall–Kier alpha value is -2.64. The Morgan fingerprint density at radius 3 is 2.80 bits per heavy atom. The zero-order chi connectivity index (χ0) is 13.9. The highest BCUT2D eigenvalue weighted by Gasteiger charge is 2.09. The quantitative estimate of drug-likeness (QED) is 0.714. The molecule has 2 aromatic heterocycles. The van der Waals surface area contributed by atoms with Gasteiger partial charge in [0.2, 0.25) is 5.88 Å². The zero-order valence-corrected chi connectivity index (χ0v) is 11.0.